The first-order chi connectivity index (χ1) is 10.1. The van der Waals surface area contributed by atoms with Crippen molar-refractivity contribution >= 4 is 43.5 Å². The van der Waals surface area contributed by atoms with E-state index < -0.39 is 5.82 Å². The highest BCUT2D eigenvalue weighted by Gasteiger charge is 2.20. The van der Waals surface area contributed by atoms with Crippen molar-refractivity contribution in [2.24, 2.45) is 0 Å². The van der Waals surface area contributed by atoms with Gasteiger partial charge in [-0.3, -0.25) is 0 Å². The summed E-state index contributed by atoms with van der Waals surface area (Å²) in [6, 6.07) is 8.51. The van der Waals surface area contributed by atoms with Gasteiger partial charge in [-0.05, 0) is 35.4 Å². The zero-order chi connectivity index (χ0) is 15.0. The van der Waals surface area contributed by atoms with Crippen LogP contribution in [0.3, 0.4) is 0 Å². The van der Waals surface area contributed by atoms with E-state index >= 15 is 0 Å². The number of hydrogen-bond acceptors (Lipinski definition) is 2. The molecular weight excluding hydrogens is 426 g/mol. The Morgan fingerprint density at radius 2 is 1.76 bits per heavy atom. The Morgan fingerprint density at radius 1 is 1.10 bits per heavy atom. The molecule has 0 aliphatic carbocycles. The summed E-state index contributed by atoms with van der Waals surface area (Å²) >= 11 is 12.8. The van der Waals surface area contributed by atoms with E-state index in [1.165, 1.54) is 6.07 Å². The van der Waals surface area contributed by atoms with Crippen LogP contribution in [0.2, 0.25) is 5.02 Å². The van der Waals surface area contributed by atoms with E-state index in [0.29, 0.717) is 24.7 Å². The fourth-order valence-electron chi connectivity index (χ4n) is 2.12. The molecular formula is C15H10Br2ClFO2. The smallest absolute Gasteiger partial charge is 0.162 e. The van der Waals surface area contributed by atoms with Crippen molar-refractivity contribution < 1.29 is 13.9 Å². The molecule has 1 atom stereocenters. The third kappa shape index (κ3) is 3.05. The van der Waals surface area contributed by atoms with Crippen molar-refractivity contribution in [1.29, 1.82) is 0 Å². The molecule has 0 saturated heterocycles. The number of alkyl halides is 1. The Hall–Kier alpha value is -0.780. The van der Waals surface area contributed by atoms with Gasteiger partial charge in [0.15, 0.2) is 11.5 Å². The monoisotopic (exact) mass is 434 g/mol. The maximum Gasteiger partial charge on any atom is 0.162 e. The van der Waals surface area contributed by atoms with Crippen molar-refractivity contribution in [3.63, 3.8) is 0 Å². The number of rotatable bonds is 2. The number of ether oxygens (including phenoxy) is 2. The highest BCUT2D eigenvalue weighted by molar-refractivity contribution is 9.11. The minimum atomic E-state index is -0.438. The fourth-order valence-corrected chi connectivity index (χ4v) is 3.76. The molecule has 1 aliphatic rings. The molecule has 2 aromatic rings. The summed E-state index contributed by atoms with van der Waals surface area (Å²) in [6.07, 6.45) is 0. The molecule has 0 saturated carbocycles. The van der Waals surface area contributed by atoms with Gasteiger partial charge < -0.3 is 9.47 Å². The van der Waals surface area contributed by atoms with Crippen LogP contribution < -0.4 is 9.47 Å². The average Bonchev–Trinajstić information content (AvgIpc) is 2.48. The fraction of sp³-hybridized carbons (Fsp3) is 0.200. The van der Waals surface area contributed by atoms with E-state index in [9.17, 15) is 4.39 Å². The molecule has 0 spiro atoms. The maximum absolute atomic E-state index is 13.6. The maximum atomic E-state index is 13.6. The van der Waals surface area contributed by atoms with Gasteiger partial charge in [0.1, 0.15) is 19.0 Å². The molecule has 0 aromatic heterocycles. The zero-order valence-electron chi connectivity index (χ0n) is 10.7. The van der Waals surface area contributed by atoms with Crippen molar-refractivity contribution in [2.75, 3.05) is 13.2 Å². The molecule has 1 aliphatic heterocycles. The predicted octanol–water partition coefficient (Wildman–Crippen LogP) is 5.50. The first-order valence-electron chi connectivity index (χ1n) is 6.24. The van der Waals surface area contributed by atoms with Crippen LogP contribution in [-0.2, 0) is 0 Å². The minimum Gasteiger partial charge on any atom is -0.486 e. The summed E-state index contributed by atoms with van der Waals surface area (Å²) in [5.41, 5.74) is 1.70. The summed E-state index contributed by atoms with van der Waals surface area (Å²) < 4.78 is 25.6. The van der Waals surface area contributed by atoms with E-state index in [1.54, 1.807) is 12.1 Å². The van der Waals surface area contributed by atoms with E-state index in [-0.39, 0.29) is 9.85 Å². The summed E-state index contributed by atoms with van der Waals surface area (Å²) in [4.78, 5) is -0.186. The molecule has 3 rings (SSSR count). The Labute approximate surface area is 143 Å². The number of hydrogen-bond donors (Lipinski definition) is 0. The molecule has 0 bridgehead atoms. The van der Waals surface area contributed by atoms with Crippen LogP contribution in [0.25, 0.3) is 0 Å². The molecule has 2 aromatic carbocycles. The molecule has 21 heavy (non-hydrogen) atoms. The second-order valence-electron chi connectivity index (χ2n) is 4.55. The minimum absolute atomic E-state index is 0.111. The lowest BCUT2D eigenvalue weighted by molar-refractivity contribution is 0.171. The normalized spacial score (nSPS) is 14.9. The van der Waals surface area contributed by atoms with E-state index in [2.05, 4.69) is 31.9 Å². The first-order valence-corrected chi connectivity index (χ1v) is 8.33. The average molecular weight is 437 g/mol. The largest absolute Gasteiger partial charge is 0.486 e. The van der Waals surface area contributed by atoms with Crippen LogP contribution in [0.5, 0.6) is 11.5 Å². The van der Waals surface area contributed by atoms with Crippen LogP contribution in [0, 0.1) is 5.82 Å². The zero-order valence-corrected chi connectivity index (χ0v) is 14.6. The number of halogens is 4. The van der Waals surface area contributed by atoms with E-state index in [0.717, 1.165) is 15.6 Å². The second-order valence-corrected chi connectivity index (χ2v) is 6.73. The van der Waals surface area contributed by atoms with Gasteiger partial charge in [0.2, 0.25) is 0 Å². The second kappa shape index (κ2) is 6.15. The van der Waals surface area contributed by atoms with Gasteiger partial charge in [0, 0.05) is 4.47 Å². The van der Waals surface area contributed by atoms with Gasteiger partial charge in [-0.15, -0.1) is 0 Å². The summed E-state index contributed by atoms with van der Waals surface area (Å²) in [5.74, 6) is 0.962. The van der Waals surface area contributed by atoms with Crippen LogP contribution in [-0.4, -0.2) is 13.2 Å². The van der Waals surface area contributed by atoms with Gasteiger partial charge >= 0.3 is 0 Å². The Bertz CT molecular complexity index is 694. The Kier molecular flexibility index (Phi) is 4.43. The molecule has 0 fully saturated rings. The summed E-state index contributed by atoms with van der Waals surface area (Å²) in [5, 5.41) is 0.111. The number of fused-ring (bicyclic) bond motifs is 1. The van der Waals surface area contributed by atoms with Crippen molar-refractivity contribution in [3.05, 3.63) is 56.8 Å². The Morgan fingerprint density at radius 3 is 2.43 bits per heavy atom. The number of benzene rings is 2. The lowest BCUT2D eigenvalue weighted by Gasteiger charge is -2.21. The molecule has 0 N–H and O–H groups in total. The molecule has 1 heterocycles. The quantitative estimate of drug-likeness (QED) is 0.579. The van der Waals surface area contributed by atoms with Gasteiger partial charge in [-0.1, -0.05) is 49.5 Å². The molecule has 1 unspecified atom stereocenters. The predicted molar refractivity (Wildman–Crippen MR) is 87.3 cm³/mol. The van der Waals surface area contributed by atoms with Crippen LogP contribution in [0.1, 0.15) is 16.0 Å². The van der Waals surface area contributed by atoms with Crippen LogP contribution >= 0.6 is 43.5 Å². The van der Waals surface area contributed by atoms with Crippen LogP contribution in [0.15, 0.2) is 34.8 Å². The van der Waals surface area contributed by atoms with Crippen molar-refractivity contribution in [1.82, 2.24) is 0 Å². The SMILES string of the molecule is Fc1cc(C(Br)c2cc3c(cc2Br)OCCO3)ccc1Cl. The first kappa shape index (κ1) is 15.1. The van der Waals surface area contributed by atoms with Gasteiger partial charge in [-0.25, -0.2) is 4.39 Å². The molecule has 110 valence electrons. The van der Waals surface area contributed by atoms with Crippen molar-refractivity contribution in [2.45, 2.75) is 4.83 Å². The summed E-state index contributed by atoms with van der Waals surface area (Å²) in [6.45, 7) is 1.07. The lowest BCUT2D eigenvalue weighted by atomic mass is 10.0. The third-order valence-corrected chi connectivity index (χ3v) is 5.19. The standard InChI is InChI=1S/C15H10Br2ClFO2/c16-10-7-14-13(20-3-4-21-14)6-9(10)15(17)8-1-2-11(18)12(19)5-8/h1-2,5-7,15H,3-4H2. The van der Waals surface area contributed by atoms with Crippen molar-refractivity contribution in [3.8, 4) is 11.5 Å². The van der Waals surface area contributed by atoms with E-state index in [4.69, 9.17) is 21.1 Å². The summed E-state index contributed by atoms with van der Waals surface area (Å²) in [7, 11) is 0. The molecule has 6 heteroatoms. The lowest BCUT2D eigenvalue weighted by Crippen LogP contribution is -2.15. The highest BCUT2D eigenvalue weighted by Crippen LogP contribution is 2.42. The highest BCUT2D eigenvalue weighted by atomic mass is 79.9. The van der Waals surface area contributed by atoms with Gasteiger partial charge in [0.25, 0.3) is 0 Å². The van der Waals surface area contributed by atoms with E-state index in [1.807, 2.05) is 12.1 Å². The van der Waals surface area contributed by atoms with Gasteiger partial charge in [0.05, 0.1) is 9.85 Å². The Balaban J connectivity index is 2.00. The van der Waals surface area contributed by atoms with Crippen LogP contribution in [0.4, 0.5) is 4.39 Å². The topological polar surface area (TPSA) is 18.5 Å². The van der Waals surface area contributed by atoms with Gasteiger partial charge in [-0.2, -0.15) is 0 Å². The molecule has 2 nitrogen and oxygen atoms in total. The third-order valence-electron chi connectivity index (χ3n) is 3.17. The molecule has 0 amide bonds. The molecule has 0 radical (unpaired) electrons.